The number of benzene rings is 1. The van der Waals surface area contributed by atoms with Gasteiger partial charge in [0.1, 0.15) is 6.04 Å². The first kappa shape index (κ1) is 17.6. The van der Waals surface area contributed by atoms with Crippen molar-refractivity contribution < 1.29 is 19.1 Å². The summed E-state index contributed by atoms with van der Waals surface area (Å²) in [6.45, 7) is 2.11. The molecule has 3 amide bonds. The third-order valence-corrected chi connectivity index (χ3v) is 4.68. The van der Waals surface area contributed by atoms with E-state index in [0.717, 1.165) is 24.0 Å². The third kappa shape index (κ3) is 3.72. The van der Waals surface area contributed by atoms with Gasteiger partial charge in [-0.3, -0.25) is 19.7 Å². The monoisotopic (exact) mass is 345 g/mol. The predicted octanol–water partition coefficient (Wildman–Crippen LogP) is 0.355. The summed E-state index contributed by atoms with van der Waals surface area (Å²) in [5.74, 6) is -0.788. The van der Waals surface area contributed by atoms with E-state index in [0.29, 0.717) is 38.3 Å². The highest BCUT2D eigenvalue weighted by Crippen LogP contribution is 2.30. The van der Waals surface area contributed by atoms with E-state index < -0.39 is 6.04 Å². The molecule has 25 heavy (non-hydrogen) atoms. The van der Waals surface area contributed by atoms with Crippen molar-refractivity contribution in [1.82, 2.24) is 10.2 Å². The van der Waals surface area contributed by atoms with Crippen LogP contribution in [0, 0.1) is 0 Å². The molecule has 3 rings (SSSR count). The molecule has 2 aliphatic heterocycles. The van der Waals surface area contributed by atoms with Gasteiger partial charge in [-0.15, -0.1) is 0 Å². The lowest BCUT2D eigenvalue weighted by atomic mass is 10.00. The van der Waals surface area contributed by atoms with Crippen LogP contribution in [0.2, 0.25) is 0 Å². The van der Waals surface area contributed by atoms with E-state index in [1.807, 2.05) is 12.1 Å². The molecule has 2 aliphatic rings. The Balaban J connectivity index is 1.69. The average Bonchev–Trinajstić information content (AvgIpc) is 2.92. The number of carbonyl (C=O) groups is 3. The molecule has 0 aromatic heterocycles. The molecular weight excluding hydrogens is 322 g/mol. The summed E-state index contributed by atoms with van der Waals surface area (Å²) < 4.78 is 5.40. The van der Waals surface area contributed by atoms with Crippen LogP contribution in [0.1, 0.15) is 40.7 Å². The molecule has 7 nitrogen and oxygen atoms in total. The topological polar surface area (TPSA) is 102 Å². The van der Waals surface area contributed by atoms with E-state index >= 15 is 0 Å². The van der Waals surface area contributed by atoms with E-state index in [1.54, 1.807) is 11.0 Å². The minimum atomic E-state index is -0.571. The second kappa shape index (κ2) is 7.76. The number of hydrogen-bond acceptors (Lipinski definition) is 5. The van der Waals surface area contributed by atoms with Gasteiger partial charge >= 0.3 is 0 Å². The fourth-order valence-corrected chi connectivity index (χ4v) is 3.43. The minimum Gasteiger partial charge on any atom is -0.380 e. The highest BCUT2D eigenvalue weighted by atomic mass is 16.5. The molecule has 7 heteroatoms. The van der Waals surface area contributed by atoms with Gasteiger partial charge in [-0.2, -0.15) is 0 Å². The Kier molecular flexibility index (Phi) is 5.45. The lowest BCUT2D eigenvalue weighted by molar-refractivity contribution is -0.136. The molecule has 3 N–H and O–H groups in total. The van der Waals surface area contributed by atoms with Crippen LogP contribution < -0.4 is 11.1 Å². The first-order valence-corrected chi connectivity index (χ1v) is 8.65. The van der Waals surface area contributed by atoms with Gasteiger partial charge in [0.05, 0.1) is 6.61 Å². The molecule has 1 atom stereocenters. The number of ether oxygens (including phenoxy) is 1. The number of rotatable bonds is 7. The maximum Gasteiger partial charge on any atom is 0.255 e. The van der Waals surface area contributed by atoms with Crippen LogP contribution in [0.3, 0.4) is 0 Å². The number of nitrogens with two attached hydrogens (primary N) is 1. The number of aryl methyl sites for hydroxylation is 1. The Bertz CT molecular complexity index is 689. The lowest BCUT2D eigenvalue weighted by Crippen LogP contribution is -2.52. The van der Waals surface area contributed by atoms with E-state index in [4.69, 9.17) is 10.5 Å². The molecule has 0 radical (unpaired) electrons. The van der Waals surface area contributed by atoms with Crippen LogP contribution in [-0.2, 0) is 27.3 Å². The van der Waals surface area contributed by atoms with Crippen LogP contribution in [0.25, 0.3) is 0 Å². The number of hydrogen-bond donors (Lipinski definition) is 2. The zero-order valence-corrected chi connectivity index (χ0v) is 14.1. The maximum atomic E-state index is 12.7. The van der Waals surface area contributed by atoms with Gasteiger partial charge in [-0.1, -0.05) is 12.1 Å². The minimum absolute atomic E-state index is 0.134. The van der Waals surface area contributed by atoms with Gasteiger partial charge in [0, 0.05) is 31.7 Å². The van der Waals surface area contributed by atoms with Crippen molar-refractivity contribution in [3.63, 3.8) is 0 Å². The number of carbonyl (C=O) groups excluding carboxylic acids is 3. The lowest BCUT2D eigenvalue weighted by Gasteiger charge is -2.29. The SMILES string of the molecule is NCCOCCCc1cccc2c1CN(C1CCC(=O)NC1=O)C2=O. The van der Waals surface area contributed by atoms with Crippen LogP contribution in [0.5, 0.6) is 0 Å². The normalized spacial score (nSPS) is 20.0. The van der Waals surface area contributed by atoms with Crippen molar-refractivity contribution in [1.29, 1.82) is 0 Å². The first-order valence-electron chi connectivity index (χ1n) is 8.65. The van der Waals surface area contributed by atoms with Crippen LogP contribution in [0.15, 0.2) is 18.2 Å². The van der Waals surface area contributed by atoms with E-state index in [1.165, 1.54) is 0 Å². The van der Waals surface area contributed by atoms with Gasteiger partial charge in [0.2, 0.25) is 11.8 Å². The Hall–Kier alpha value is -2.25. The molecular formula is C18H23N3O4. The average molecular weight is 345 g/mol. The van der Waals surface area contributed by atoms with E-state index in [-0.39, 0.29) is 24.1 Å². The zero-order valence-electron chi connectivity index (χ0n) is 14.1. The molecule has 1 unspecified atom stereocenters. The van der Waals surface area contributed by atoms with Gasteiger partial charge < -0.3 is 15.4 Å². The van der Waals surface area contributed by atoms with Gasteiger partial charge in [0.25, 0.3) is 5.91 Å². The van der Waals surface area contributed by atoms with Crippen LogP contribution in [0.4, 0.5) is 0 Å². The van der Waals surface area contributed by atoms with Crippen LogP contribution in [-0.4, -0.2) is 48.4 Å². The molecule has 0 spiro atoms. The first-order chi connectivity index (χ1) is 12.1. The number of fused-ring (bicyclic) bond motifs is 1. The van der Waals surface area contributed by atoms with Crippen molar-refractivity contribution in [2.24, 2.45) is 5.73 Å². The Labute approximate surface area is 146 Å². The summed E-state index contributed by atoms with van der Waals surface area (Å²) in [6.07, 6.45) is 2.31. The number of piperidine rings is 1. The smallest absolute Gasteiger partial charge is 0.255 e. The van der Waals surface area contributed by atoms with Crippen molar-refractivity contribution in [3.05, 3.63) is 34.9 Å². The Morgan fingerprint density at radius 2 is 2.08 bits per heavy atom. The zero-order chi connectivity index (χ0) is 17.8. The van der Waals surface area contributed by atoms with Gasteiger partial charge in [0.15, 0.2) is 0 Å². The number of imide groups is 1. The standard InChI is InChI=1S/C18H23N3O4/c19-8-10-25-9-2-4-12-3-1-5-13-14(12)11-21(18(13)24)15-6-7-16(22)20-17(15)23/h1,3,5,15H,2,4,6-11,19H2,(H,20,22,23). The van der Waals surface area contributed by atoms with Crippen molar-refractivity contribution in [2.75, 3.05) is 19.8 Å². The quantitative estimate of drug-likeness (QED) is 0.549. The molecule has 1 aromatic carbocycles. The molecule has 134 valence electrons. The molecule has 0 bridgehead atoms. The fraction of sp³-hybridized carbons (Fsp3) is 0.500. The number of amides is 3. The maximum absolute atomic E-state index is 12.7. The second-order valence-electron chi connectivity index (χ2n) is 6.35. The molecule has 2 heterocycles. The highest BCUT2D eigenvalue weighted by molar-refractivity contribution is 6.05. The number of nitrogens with one attached hydrogen (secondary N) is 1. The van der Waals surface area contributed by atoms with E-state index in [9.17, 15) is 14.4 Å². The van der Waals surface area contributed by atoms with Gasteiger partial charge in [-0.05, 0) is 36.5 Å². The summed E-state index contributed by atoms with van der Waals surface area (Å²) in [5.41, 5.74) is 8.14. The largest absolute Gasteiger partial charge is 0.380 e. The summed E-state index contributed by atoms with van der Waals surface area (Å²) >= 11 is 0. The number of nitrogens with zero attached hydrogens (tertiary/aromatic N) is 1. The predicted molar refractivity (Wildman–Crippen MR) is 90.7 cm³/mol. The summed E-state index contributed by atoms with van der Waals surface area (Å²) in [5, 5.41) is 2.32. The van der Waals surface area contributed by atoms with E-state index in [2.05, 4.69) is 5.32 Å². The molecule has 1 saturated heterocycles. The third-order valence-electron chi connectivity index (χ3n) is 4.68. The molecule has 0 aliphatic carbocycles. The summed E-state index contributed by atoms with van der Waals surface area (Å²) in [7, 11) is 0. The molecule has 0 saturated carbocycles. The Morgan fingerprint density at radius 1 is 1.24 bits per heavy atom. The van der Waals surface area contributed by atoms with Crippen molar-refractivity contribution in [2.45, 2.75) is 38.3 Å². The fourth-order valence-electron chi connectivity index (χ4n) is 3.43. The van der Waals surface area contributed by atoms with Crippen LogP contribution >= 0.6 is 0 Å². The molecule has 1 fully saturated rings. The summed E-state index contributed by atoms with van der Waals surface area (Å²) in [6, 6.07) is 5.13. The Morgan fingerprint density at radius 3 is 2.84 bits per heavy atom. The van der Waals surface area contributed by atoms with Crippen molar-refractivity contribution >= 4 is 17.7 Å². The molecule has 1 aromatic rings. The van der Waals surface area contributed by atoms with Crippen molar-refractivity contribution in [3.8, 4) is 0 Å². The highest BCUT2D eigenvalue weighted by Gasteiger charge is 2.39. The second-order valence-corrected chi connectivity index (χ2v) is 6.35. The summed E-state index contributed by atoms with van der Waals surface area (Å²) in [4.78, 5) is 37.7. The van der Waals surface area contributed by atoms with Gasteiger partial charge in [-0.25, -0.2) is 0 Å².